The van der Waals surface area contributed by atoms with E-state index in [1.165, 1.54) is 17.0 Å². The quantitative estimate of drug-likeness (QED) is 0.406. The van der Waals surface area contributed by atoms with Crippen LogP contribution in [0.3, 0.4) is 0 Å². The van der Waals surface area contributed by atoms with Crippen molar-refractivity contribution in [1.82, 2.24) is 10.2 Å². The number of nitrogens with zero attached hydrogens (tertiary/aromatic N) is 2. The minimum Gasteiger partial charge on any atom is -0.352 e. The molecule has 0 saturated carbocycles. The average molecular weight is 522 g/mol. The second-order valence-corrected chi connectivity index (χ2v) is 11.0. The Labute approximate surface area is 220 Å². The number of nitrogens with one attached hydrogen (secondary N) is 1. The number of rotatable bonds is 11. The molecular weight excluding hydrogens is 486 g/mol. The number of hydrogen-bond donors (Lipinski definition) is 1. The van der Waals surface area contributed by atoms with Gasteiger partial charge in [0.25, 0.3) is 10.0 Å². The van der Waals surface area contributed by atoms with Crippen molar-refractivity contribution in [1.29, 1.82) is 0 Å². The third-order valence-corrected chi connectivity index (χ3v) is 7.82. The minimum absolute atomic E-state index is 0.0916. The van der Waals surface area contributed by atoms with Gasteiger partial charge in [0.15, 0.2) is 0 Å². The topological polar surface area (TPSA) is 86.8 Å². The molecule has 1 N–H and O–H groups in total. The number of aryl methyl sites for hydroxylation is 1. The maximum Gasteiger partial charge on any atom is 0.264 e. The van der Waals surface area contributed by atoms with Crippen LogP contribution in [0.15, 0.2) is 89.8 Å². The molecule has 3 rings (SSSR count). The molecule has 0 bridgehead atoms. The molecular formula is C29H35N3O4S. The molecule has 37 heavy (non-hydrogen) atoms. The Morgan fingerprint density at radius 2 is 1.41 bits per heavy atom. The first kappa shape index (κ1) is 27.9. The third kappa shape index (κ3) is 6.98. The van der Waals surface area contributed by atoms with E-state index in [0.29, 0.717) is 12.1 Å². The zero-order chi connectivity index (χ0) is 27.0. The lowest BCUT2D eigenvalue weighted by Crippen LogP contribution is -2.52. The van der Waals surface area contributed by atoms with E-state index in [0.717, 1.165) is 15.4 Å². The van der Waals surface area contributed by atoms with E-state index in [-0.39, 0.29) is 23.4 Å². The van der Waals surface area contributed by atoms with Gasteiger partial charge in [0.05, 0.1) is 10.6 Å². The summed E-state index contributed by atoms with van der Waals surface area (Å²) in [6.07, 6.45) is 0.589. The van der Waals surface area contributed by atoms with Crippen molar-refractivity contribution in [2.75, 3.05) is 10.8 Å². The van der Waals surface area contributed by atoms with Gasteiger partial charge in [-0.05, 0) is 56.5 Å². The molecule has 0 heterocycles. The third-order valence-electron chi connectivity index (χ3n) is 6.05. The van der Waals surface area contributed by atoms with Gasteiger partial charge in [0.2, 0.25) is 11.8 Å². The Morgan fingerprint density at radius 3 is 2.00 bits per heavy atom. The number of hydrogen-bond acceptors (Lipinski definition) is 4. The van der Waals surface area contributed by atoms with Crippen LogP contribution in [0, 0.1) is 0 Å². The van der Waals surface area contributed by atoms with E-state index >= 15 is 0 Å². The fourth-order valence-corrected chi connectivity index (χ4v) is 5.53. The number of carbonyl (C=O) groups is 2. The molecule has 0 aliphatic rings. The lowest BCUT2D eigenvalue weighted by Gasteiger charge is -2.33. The molecule has 0 fully saturated rings. The Morgan fingerprint density at radius 1 is 0.838 bits per heavy atom. The van der Waals surface area contributed by atoms with Crippen LogP contribution in [0.2, 0.25) is 0 Å². The second kappa shape index (κ2) is 12.5. The predicted octanol–water partition coefficient (Wildman–Crippen LogP) is 4.39. The van der Waals surface area contributed by atoms with E-state index < -0.39 is 28.5 Å². The molecule has 0 radical (unpaired) electrons. The van der Waals surface area contributed by atoms with Gasteiger partial charge >= 0.3 is 0 Å². The molecule has 7 nitrogen and oxygen atoms in total. The molecule has 3 aromatic carbocycles. The number of carbonyl (C=O) groups excluding carboxylic acids is 2. The van der Waals surface area contributed by atoms with Gasteiger partial charge < -0.3 is 10.2 Å². The number of anilines is 1. The van der Waals surface area contributed by atoms with Crippen molar-refractivity contribution in [3.05, 3.63) is 96.1 Å². The highest BCUT2D eigenvalue weighted by Gasteiger charge is 2.33. The van der Waals surface area contributed by atoms with Crippen LogP contribution in [0.5, 0.6) is 0 Å². The first-order chi connectivity index (χ1) is 17.6. The fraction of sp³-hybridized carbons (Fsp3) is 0.310. The van der Waals surface area contributed by atoms with Gasteiger partial charge in [-0.1, -0.05) is 73.7 Å². The molecule has 0 aromatic heterocycles. The maximum atomic E-state index is 13.9. The highest BCUT2D eigenvalue weighted by molar-refractivity contribution is 7.92. The molecule has 3 aromatic rings. The van der Waals surface area contributed by atoms with Crippen molar-refractivity contribution >= 4 is 27.5 Å². The summed E-state index contributed by atoms with van der Waals surface area (Å²) in [7, 11) is -4.07. The molecule has 0 aliphatic heterocycles. The number of para-hydroxylation sites is 1. The zero-order valence-electron chi connectivity index (χ0n) is 21.8. The van der Waals surface area contributed by atoms with Gasteiger partial charge in [0, 0.05) is 12.6 Å². The zero-order valence-corrected chi connectivity index (χ0v) is 22.6. The van der Waals surface area contributed by atoms with E-state index in [1.54, 1.807) is 37.3 Å². The smallest absolute Gasteiger partial charge is 0.264 e. The average Bonchev–Trinajstić information content (AvgIpc) is 2.90. The van der Waals surface area contributed by atoms with E-state index in [9.17, 15) is 18.0 Å². The van der Waals surface area contributed by atoms with Crippen molar-refractivity contribution in [2.45, 2.75) is 57.6 Å². The highest BCUT2D eigenvalue weighted by atomic mass is 32.2. The Hall–Kier alpha value is -3.65. The molecule has 196 valence electrons. The van der Waals surface area contributed by atoms with Crippen LogP contribution in [-0.2, 0) is 32.6 Å². The van der Waals surface area contributed by atoms with Crippen molar-refractivity contribution < 1.29 is 18.0 Å². The van der Waals surface area contributed by atoms with Crippen molar-refractivity contribution in [2.24, 2.45) is 0 Å². The van der Waals surface area contributed by atoms with Crippen LogP contribution in [0.1, 0.15) is 38.8 Å². The number of sulfonamides is 1. The van der Waals surface area contributed by atoms with Crippen LogP contribution >= 0.6 is 0 Å². The fourth-order valence-electron chi connectivity index (χ4n) is 4.05. The first-order valence-electron chi connectivity index (χ1n) is 12.4. The predicted molar refractivity (Wildman–Crippen MR) is 147 cm³/mol. The molecule has 1 atom stereocenters. The number of amides is 2. The van der Waals surface area contributed by atoms with Crippen LogP contribution in [0.25, 0.3) is 0 Å². The SMILES string of the molecule is CCc1ccccc1N(CC(=O)N(Cc1ccccc1)[C@@H](C)C(=O)NC(C)C)S(=O)(=O)c1ccccc1. The normalized spacial score (nSPS) is 12.1. The molecule has 0 aliphatic carbocycles. The lowest BCUT2D eigenvalue weighted by molar-refractivity contribution is -0.139. The summed E-state index contributed by atoms with van der Waals surface area (Å²) in [6.45, 7) is 7.03. The van der Waals surface area contributed by atoms with Crippen LogP contribution in [-0.4, -0.2) is 43.8 Å². The maximum absolute atomic E-state index is 13.9. The van der Waals surface area contributed by atoms with E-state index in [2.05, 4.69) is 5.32 Å². The van der Waals surface area contributed by atoms with Gasteiger partial charge in [-0.25, -0.2) is 8.42 Å². The first-order valence-corrected chi connectivity index (χ1v) is 13.9. The van der Waals surface area contributed by atoms with Crippen LogP contribution in [0.4, 0.5) is 5.69 Å². The van der Waals surface area contributed by atoms with Gasteiger partial charge in [-0.2, -0.15) is 0 Å². The van der Waals surface area contributed by atoms with Gasteiger partial charge in [0.1, 0.15) is 12.6 Å². The largest absolute Gasteiger partial charge is 0.352 e. The summed E-state index contributed by atoms with van der Waals surface area (Å²) < 4.78 is 28.8. The standard InChI is InChI=1S/C29H35N3O4S/c1-5-25-16-12-13-19-27(25)32(37(35,36)26-17-10-7-11-18-26)21-28(33)31(20-24-14-8-6-9-15-24)23(4)29(34)30-22(2)3/h6-19,22-23H,5,20-21H2,1-4H3,(H,30,34)/t23-/m0/s1. The van der Waals surface area contributed by atoms with Crippen molar-refractivity contribution in [3.63, 3.8) is 0 Å². The molecule has 0 unspecified atom stereocenters. The summed E-state index contributed by atoms with van der Waals surface area (Å²) in [5.41, 5.74) is 2.09. The Bertz CT molecular complexity index is 1290. The highest BCUT2D eigenvalue weighted by Crippen LogP contribution is 2.28. The van der Waals surface area contributed by atoms with E-state index in [1.807, 2.05) is 63.2 Å². The van der Waals surface area contributed by atoms with Crippen LogP contribution < -0.4 is 9.62 Å². The lowest BCUT2D eigenvalue weighted by atomic mass is 10.1. The summed E-state index contributed by atoms with van der Waals surface area (Å²) in [5, 5.41) is 2.86. The second-order valence-electron chi connectivity index (χ2n) is 9.15. The summed E-state index contributed by atoms with van der Waals surface area (Å²) in [6, 6.07) is 23.7. The van der Waals surface area contributed by atoms with Crippen molar-refractivity contribution in [3.8, 4) is 0 Å². The van der Waals surface area contributed by atoms with Gasteiger partial charge in [-0.3, -0.25) is 13.9 Å². The Balaban J connectivity index is 2.05. The summed E-state index contributed by atoms with van der Waals surface area (Å²) in [4.78, 5) is 28.3. The summed E-state index contributed by atoms with van der Waals surface area (Å²) >= 11 is 0. The molecule has 8 heteroatoms. The monoisotopic (exact) mass is 521 g/mol. The number of benzene rings is 3. The molecule has 0 saturated heterocycles. The molecule has 2 amide bonds. The minimum atomic E-state index is -4.07. The summed E-state index contributed by atoms with van der Waals surface area (Å²) in [5.74, 6) is -0.772. The van der Waals surface area contributed by atoms with Gasteiger partial charge in [-0.15, -0.1) is 0 Å². The molecule has 0 spiro atoms. The van der Waals surface area contributed by atoms with E-state index in [4.69, 9.17) is 0 Å². The Kier molecular flexibility index (Phi) is 9.47.